The molecule has 124 valence electrons. The van der Waals surface area contributed by atoms with Gasteiger partial charge in [-0.2, -0.15) is 0 Å². The lowest BCUT2D eigenvalue weighted by atomic mass is 10.2. The third-order valence-electron chi connectivity index (χ3n) is 3.74. The summed E-state index contributed by atoms with van der Waals surface area (Å²) >= 11 is 1.78. The normalized spacial score (nSPS) is 10.6. The average Bonchev–Trinajstić information content (AvgIpc) is 2.96. The molecule has 1 heterocycles. The monoisotopic (exact) mass is 342 g/mol. The van der Waals surface area contributed by atoms with E-state index in [-0.39, 0.29) is 0 Å². The SMILES string of the molecule is COc1cc(N(C)Cc2cc3ccccc3s2)ccc1NC(=O)O. The third kappa shape index (κ3) is 3.44. The van der Waals surface area contributed by atoms with Crippen LogP contribution in [0.1, 0.15) is 4.88 Å². The lowest BCUT2D eigenvalue weighted by molar-refractivity contribution is 0.209. The number of hydrogen-bond acceptors (Lipinski definition) is 4. The largest absolute Gasteiger partial charge is 0.494 e. The molecule has 0 atom stereocenters. The van der Waals surface area contributed by atoms with Crippen LogP contribution in [0.4, 0.5) is 16.2 Å². The van der Waals surface area contributed by atoms with Crippen molar-refractivity contribution in [1.82, 2.24) is 0 Å². The number of thiophene rings is 1. The average molecular weight is 342 g/mol. The summed E-state index contributed by atoms with van der Waals surface area (Å²) < 4.78 is 6.56. The second kappa shape index (κ2) is 6.80. The fourth-order valence-electron chi connectivity index (χ4n) is 2.58. The molecule has 3 aromatic rings. The molecule has 0 spiro atoms. The Labute approximate surface area is 144 Å². The highest BCUT2D eigenvalue weighted by atomic mass is 32.1. The number of rotatable bonds is 5. The van der Waals surface area contributed by atoms with Crippen LogP contribution in [0.3, 0.4) is 0 Å². The number of carbonyl (C=O) groups is 1. The summed E-state index contributed by atoms with van der Waals surface area (Å²) in [5.74, 6) is 0.498. The van der Waals surface area contributed by atoms with Crippen LogP contribution in [0, 0.1) is 0 Å². The fraction of sp³-hybridized carbons (Fsp3) is 0.167. The molecule has 24 heavy (non-hydrogen) atoms. The minimum absolute atomic E-state index is 0.434. The summed E-state index contributed by atoms with van der Waals surface area (Å²) in [6, 6.07) is 16.0. The molecule has 6 heteroatoms. The molecule has 0 aliphatic heterocycles. The van der Waals surface area contributed by atoms with Crippen LogP contribution in [0.15, 0.2) is 48.5 Å². The standard InChI is InChI=1S/C18H18N2O3S/c1-20(11-14-9-12-5-3-4-6-17(12)24-14)13-7-8-15(19-18(21)22)16(10-13)23-2/h3-10,19H,11H2,1-2H3,(H,21,22). The van der Waals surface area contributed by atoms with Crippen LogP contribution in [0.25, 0.3) is 10.1 Å². The van der Waals surface area contributed by atoms with E-state index in [1.165, 1.54) is 22.1 Å². The molecule has 0 saturated carbocycles. The van der Waals surface area contributed by atoms with Crippen LogP contribution in [0.5, 0.6) is 5.75 Å². The predicted octanol–water partition coefficient (Wildman–Crippen LogP) is 4.64. The molecule has 0 radical (unpaired) electrons. The summed E-state index contributed by atoms with van der Waals surface area (Å²) in [6.07, 6.45) is -1.11. The van der Waals surface area contributed by atoms with Crippen LogP contribution >= 0.6 is 11.3 Å². The Kier molecular flexibility index (Phi) is 4.57. The van der Waals surface area contributed by atoms with Crippen molar-refractivity contribution in [1.29, 1.82) is 0 Å². The number of methoxy groups -OCH3 is 1. The molecule has 2 N–H and O–H groups in total. The molecular weight excluding hydrogens is 324 g/mol. The highest BCUT2D eigenvalue weighted by molar-refractivity contribution is 7.19. The van der Waals surface area contributed by atoms with Gasteiger partial charge in [0.25, 0.3) is 0 Å². The zero-order chi connectivity index (χ0) is 17.1. The van der Waals surface area contributed by atoms with Gasteiger partial charge in [0.1, 0.15) is 5.75 Å². The van der Waals surface area contributed by atoms with E-state index >= 15 is 0 Å². The van der Waals surface area contributed by atoms with Crippen molar-refractivity contribution >= 4 is 38.9 Å². The molecule has 5 nitrogen and oxygen atoms in total. The number of amides is 1. The van der Waals surface area contributed by atoms with Gasteiger partial charge in [-0.25, -0.2) is 4.79 Å². The number of nitrogens with one attached hydrogen (secondary N) is 1. The predicted molar refractivity (Wildman–Crippen MR) is 98.6 cm³/mol. The molecule has 3 rings (SSSR count). The first-order valence-corrected chi connectivity index (χ1v) is 8.25. The zero-order valence-electron chi connectivity index (χ0n) is 13.4. The molecule has 0 aliphatic rings. The molecule has 0 saturated heterocycles. The second-order valence-electron chi connectivity index (χ2n) is 5.42. The molecular formula is C18H18N2O3S. The summed E-state index contributed by atoms with van der Waals surface area (Å²) in [4.78, 5) is 14.2. The minimum atomic E-state index is -1.11. The summed E-state index contributed by atoms with van der Waals surface area (Å²) in [5.41, 5.74) is 1.39. The Morgan fingerprint density at radius 3 is 2.75 bits per heavy atom. The Balaban J connectivity index is 1.81. The van der Waals surface area contributed by atoms with Gasteiger partial charge in [0.2, 0.25) is 0 Å². The maximum absolute atomic E-state index is 10.8. The van der Waals surface area contributed by atoms with E-state index in [0.717, 1.165) is 12.2 Å². The maximum atomic E-state index is 10.8. The van der Waals surface area contributed by atoms with Crippen molar-refractivity contribution in [2.75, 3.05) is 24.4 Å². The quantitative estimate of drug-likeness (QED) is 0.709. The summed E-state index contributed by atoms with van der Waals surface area (Å²) in [7, 11) is 3.53. The zero-order valence-corrected chi connectivity index (χ0v) is 14.3. The smallest absolute Gasteiger partial charge is 0.409 e. The first-order valence-electron chi connectivity index (χ1n) is 7.43. The van der Waals surface area contributed by atoms with E-state index in [1.54, 1.807) is 17.4 Å². The highest BCUT2D eigenvalue weighted by Crippen LogP contribution is 2.31. The molecule has 0 aliphatic carbocycles. The first-order chi connectivity index (χ1) is 11.6. The van der Waals surface area contributed by atoms with E-state index in [4.69, 9.17) is 9.84 Å². The second-order valence-corrected chi connectivity index (χ2v) is 6.59. The van der Waals surface area contributed by atoms with Gasteiger partial charge in [0.15, 0.2) is 0 Å². The number of carboxylic acid groups (broad SMARTS) is 1. The van der Waals surface area contributed by atoms with Gasteiger partial charge >= 0.3 is 6.09 Å². The lowest BCUT2D eigenvalue weighted by Gasteiger charge is -2.20. The topological polar surface area (TPSA) is 61.8 Å². The Hall–Kier alpha value is -2.73. The Bertz CT molecular complexity index is 843. The minimum Gasteiger partial charge on any atom is -0.494 e. The van der Waals surface area contributed by atoms with Crippen LogP contribution in [0.2, 0.25) is 0 Å². The van der Waals surface area contributed by atoms with Gasteiger partial charge in [-0.05, 0) is 29.7 Å². The maximum Gasteiger partial charge on any atom is 0.409 e. The van der Waals surface area contributed by atoms with Gasteiger partial charge in [-0.1, -0.05) is 18.2 Å². The first kappa shape index (κ1) is 16.1. The molecule has 2 aromatic carbocycles. The summed E-state index contributed by atoms with van der Waals surface area (Å²) in [5, 5.41) is 12.4. The number of fused-ring (bicyclic) bond motifs is 1. The lowest BCUT2D eigenvalue weighted by Crippen LogP contribution is -2.16. The van der Waals surface area contributed by atoms with Crippen LogP contribution in [-0.4, -0.2) is 25.4 Å². The number of nitrogens with zero attached hydrogens (tertiary/aromatic N) is 1. The number of anilines is 2. The van der Waals surface area contributed by atoms with Gasteiger partial charge in [-0.15, -0.1) is 11.3 Å². The molecule has 1 amide bonds. The number of hydrogen-bond donors (Lipinski definition) is 2. The molecule has 0 unspecified atom stereocenters. The van der Waals surface area contributed by atoms with E-state index in [2.05, 4.69) is 28.4 Å². The van der Waals surface area contributed by atoms with Crippen molar-refractivity contribution in [2.24, 2.45) is 0 Å². The van der Waals surface area contributed by atoms with E-state index < -0.39 is 6.09 Å². The van der Waals surface area contributed by atoms with Crippen molar-refractivity contribution in [3.05, 3.63) is 53.4 Å². The van der Waals surface area contributed by atoms with Crippen molar-refractivity contribution in [3.8, 4) is 5.75 Å². The van der Waals surface area contributed by atoms with E-state index in [9.17, 15) is 4.79 Å². The van der Waals surface area contributed by atoms with Crippen LogP contribution < -0.4 is 15.0 Å². The van der Waals surface area contributed by atoms with E-state index in [1.807, 2.05) is 31.3 Å². The number of ether oxygens (including phenoxy) is 1. The van der Waals surface area contributed by atoms with Gasteiger partial charge in [0.05, 0.1) is 19.3 Å². The fourth-order valence-corrected chi connectivity index (χ4v) is 3.69. The van der Waals surface area contributed by atoms with Crippen molar-refractivity contribution in [2.45, 2.75) is 6.54 Å². The van der Waals surface area contributed by atoms with Crippen molar-refractivity contribution in [3.63, 3.8) is 0 Å². The molecule has 0 fully saturated rings. The molecule has 0 bridgehead atoms. The van der Waals surface area contributed by atoms with Gasteiger partial charge in [0, 0.05) is 28.4 Å². The Morgan fingerprint density at radius 2 is 2.04 bits per heavy atom. The van der Waals surface area contributed by atoms with Crippen LogP contribution in [-0.2, 0) is 6.54 Å². The summed E-state index contributed by atoms with van der Waals surface area (Å²) in [6.45, 7) is 0.772. The third-order valence-corrected chi connectivity index (χ3v) is 4.84. The highest BCUT2D eigenvalue weighted by Gasteiger charge is 2.11. The Morgan fingerprint density at radius 1 is 1.25 bits per heavy atom. The van der Waals surface area contributed by atoms with E-state index in [0.29, 0.717) is 11.4 Å². The number of benzene rings is 2. The van der Waals surface area contributed by atoms with Gasteiger partial charge in [-0.3, -0.25) is 5.32 Å². The van der Waals surface area contributed by atoms with Gasteiger partial charge < -0.3 is 14.7 Å². The molecule has 1 aromatic heterocycles. The van der Waals surface area contributed by atoms with Crippen molar-refractivity contribution < 1.29 is 14.6 Å².